The molecule has 2 aromatic heterocycles. The molecule has 0 saturated carbocycles. The van der Waals surface area contributed by atoms with Crippen LogP contribution in [0.3, 0.4) is 0 Å². The van der Waals surface area contributed by atoms with Gasteiger partial charge in [-0.05, 0) is 31.5 Å². The molecule has 1 unspecified atom stereocenters. The lowest BCUT2D eigenvalue weighted by Crippen LogP contribution is -2.32. The molecule has 0 radical (unpaired) electrons. The van der Waals surface area contributed by atoms with Gasteiger partial charge >= 0.3 is 0 Å². The average molecular weight is 312 g/mol. The van der Waals surface area contributed by atoms with Crippen molar-refractivity contribution in [1.82, 2.24) is 20.6 Å². The number of pyridine rings is 2. The van der Waals surface area contributed by atoms with Gasteiger partial charge in [0.1, 0.15) is 0 Å². The van der Waals surface area contributed by atoms with Gasteiger partial charge in [0.25, 0.3) is 11.8 Å². The molecule has 0 aliphatic carbocycles. The third-order valence-electron chi connectivity index (χ3n) is 3.41. The predicted molar refractivity (Wildman–Crippen MR) is 86.9 cm³/mol. The lowest BCUT2D eigenvalue weighted by Gasteiger charge is -2.11. The molecule has 0 aliphatic rings. The molecular formula is C17H20N4O2. The number of nitrogens with one attached hydrogen (secondary N) is 2. The van der Waals surface area contributed by atoms with E-state index in [1.165, 1.54) is 12.4 Å². The largest absolute Gasteiger partial charge is 0.350 e. The number of nitrogens with zero attached hydrogens (tertiary/aromatic N) is 2. The van der Waals surface area contributed by atoms with Crippen molar-refractivity contribution >= 4 is 11.8 Å². The molecule has 120 valence electrons. The summed E-state index contributed by atoms with van der Waals surface area (Å²) in [6, 6.07) is 7.11. The Labute approximate surface area is 135 Å². The second-order valence-corrected chi connectivity index (χ2v) is 5.25. The van der Waals surface area contributed by atoms with E-state index in [4.69, 9.17) is 0 Å². The molecule has 1 atom stereocenters. The number of carbonyl (C=O) groups excluding carboxylic acids is 2. The Morgan fingerprint density at radius 3 is 2.57 bits per heavy atom. The highest BCUT2D eigenvalue weighted by atomic mass is 16.2. The van der Waals surface area contributed by atoms with Crippen LogP contribution in [0.15, 0.2) is 42.9 Å². The zero-order valence-electron chi connectivity index (χ0n) is 13.2. The van der Waals surface area contributed by atoms with Crippen LogP contribution in [0.4, 0.5) is 0 Å². The first-order chi connectivity index (χ1) is 11.1. The van der Waals surface area contributed by atoms with Crippen LogP contribution in [0, 0.1) is 0 Å². The van der Waals surface area contributed by atoms with Crippen LogP contribution in [0.1, 0.15) is 46.7 Å². The first-order valence-electron chi connectivity index (χ1n) is 7.54. The Morgan fingerprint density at radius 2 is 1.91 bits per heavy atom. The Hall–Kier alpha value is -2.76. The van der Waals surface area contributed by atoms with Gasteiger partial charge in [-0.1, -0.05) is 13.0 Å². The molecule has 0 aliphatic heterocycles. The van der Waals surface area contributed by atoms with E-state index in [0.29, 0.717) is 17.7 Å². The quantitative estimate of drug-likeness (QED) is 0.853. The van der Waals surface area contributed by atoms with Crippen molar-refractivity contribution in [1.29, 1.82) is 0 Å². The van der Waals surface area contributed by atoms with Crippen LogP contribution >= 0.6 is 0 Å². The van der Waals surface area contributed by atoms with Crippen molar-refractivity contribution in [3.63, 3.8) is 0 Å². The minimum atomic E-state index is -0.290. The van der Waals surface area contributed by atoms with Crippen LogP contribution in [0.2, 0.25) is 0 Å². The maximum absolute atomic E-state index is 12.2. The molecule has 23 heavy (non-hydrogen) atoms. The summed E-state index contributed by atoms with van der Waals surface area (Å²) in [7, 11) is 0. The molecule has 2 amide bonds. The van der Waals surface area contributed by atoms with E-state index in [-0.39, 0.29) is 17.9 Å². The van der Waals surface area contributed by atoms with Gasteiger partial charge in [0, 0.05) is 24.6 Å². The fourth-order valence-corrected chi connectivity index (χ4v) is 1.87. The molecule has 0 spiro atoms. The number of carbonyl (C=O) groups is 2. The highest BCUT2D eigenvalue weighted by molar-refractivity contribution is 5.99. The Morgan fingerprint density at radius 1 is 1.17 bits per heavy atom. The summed E-state index contributed by atoms with van der Waals surface area (Å²) in [6.45, 7) is 4.24. The molecule has 6 heteroatoms. The van der Waals surface area contributed by atoms with E-state index < -0.39 is 0 Å². The summed E-state index contributed by atoms with van der Waals surface area (Å²) >= 11 is 0. The van der Waals surface area contributed by atoms with Crippen LogP contribution < -0.4 is 10.6 Å². The molecule has 2 heterocycles. The zero-order valence-corrected chi connectivity index (χ0v) is 13.2. The van der Waals surface area contributed by atoms with E-state index >= 15 is 0 Å². The summed E-state index contributed by atoms with van der Waals surface area (Å²) in [5, 5.41) is 5.61. The summed E-state index contributed by atoms with van der Waals surface area (Å²) in [6.07, 6.45) is 5.40. The predicted octanol–water partition coefficient (Wildman–Crippen LogP) is 1.93. The van der Waals surface area contributed by atoms with Gasteiger partial charge < -0.3 is 10.6 Å². The van der Waals surface area contributed by atoms with Gasteiger partial charge in [-0.3, -0.25) is 19.6 Å². The summed E-state index contributed by atoms with van der Waals surface area (Å²) in [4.78, 5) is 32.4. The standard InChI is InChI=1S/C17H20N4O2/c1-3-12(2)21-17(23)14-8-13(9-18-10-14)16(22)20-11-15-6-4-5-7-19-15/h4-10,12H,3,11H2,1-2H3,(H,20,22)(H,21,23). The minimum absolute atomic E-state index is 0.0733. The number of hydrogen-bond acceptors (Lipinski definition) is 4. The summed E-state index contributed by atoms with van der Waals surface area (Å²) in [5.41, 5.74) is 1.48. The summed E-state index contributed by atoms with van der Waals surface area (Å²) < 4.78 is 0. The van der Waals surface area contributed by atoms with E-state index in [1.807, 2.05) is 32.0 Å². The number of amides is 2. The minimum Gasteiger partial charge on any atom is -0.350 e. The first kappa shape index (κ1) is 16.6. The van der Waals surface area contributed by atoms with Gasteiger partial charge in [0.2, 0.25) is 0 Å². The highest BCUT2D eigenvalue weighted by Gasteiger charge is 2.12. The second kappa shape index (κ2) is 8.03. The summed E-state index contributed by atoms with van der Waals surface area (Å²) in [5.74, 6) is -0.521. The molecule has 2 aromatic rings. The molecule has 0 fully saturated rings. The third kappa shape index (κ3) is 4.88. The SMILES string of the molecule is CCC(C)NC(=O)c1cncc(C(=O)NCc2ccccn2)c1. The van der Waals surface area contributed by atoms with E-state index in [9.17, 15) is 9.59 Å². The molecule has 2 rings (SSSR count). The maximum Gasteiger partial charge on any atom is 0.253 e. The lowest BCUT2D eigenvalue weighted by molar-refractivity contribution is 0.0939. The van der Waals surface area contributed by atoms with E-state index in [0.717, 1.165) is 12.1 Å². The van der Waals surface area contributed by atoms with E-state index in [1.54, 1.807) is 12.3 Å². The smallest absolute Gasteiger partial charge is 0.253 e. The topological polar surface area (TPSA) is 84.0 Å². The Balaban J connectivity index is 2.01. The zero-order chi connectivity index (χ0) is 16.7. The number of rotatable bonds is 6. The van der Waals surface area contributed by atoms with Gasteiger partial charge in [0.05, 0.1) is 23.4 Å². The molecule has 0 saturated heterocycles. The number of hydrogen-bond donors (Lipinski definition) is 2. The first-order valence-corrected chi connectivity index (χ1v) is 7.54. The second-order valence-electron chi connectivity index (χ2n) is 5.25. The molecule has 2 N–H and O–H groups in total. The maximum atomic E-state index is 12.2. The fourth-order valence-electron chi connectivity index (χ4n) is 1.87. The highest BCUT2D eigenvalue weighted by Crippen LogP contribution is 2.05. The Bertz CT molecular complexity index is 673. The molecule has 0 aromatic carbocycles. The lowest BCUT2D eigenvalue weighted by atomic mass is 10.1. The van der Waals surface area contributed by atoms with Crippen molar-refractivity contribution in [2.24, 2.45) is 0 Å². The van der Waals surface area contributed by atoms with Crippen molar-refractivity contribution in [3.05, 3.63) is 59.7 Å². The molecule has 6 nitrogen and oxygen atoms in total. The molecular weight excluding hydrogens is 292 g/mol. The van der Waals surface area contributed by atoms with Crippen molar-refractivity contribution in [2.45, 2.75) is 32.9 Å². The van der Waals surface area contributed by atoms with Gasteiger partial charge in [-0.2, -0.15) is 0 Å². The van der Waals surface area contributed by atoms with Gasteiger partial charge in [0.15, 0.2) is 0 Å². The fraction of sp³-hybridized carbons (Fsp3) is 0.294. The normalized spacial score (nSPS) is 11.6. The van der Waals surface area contributed by atoms with Crippen LogP contribution in [-0.2, 0) is 6.54 Å². The molecule has 0 bridgehead atoms. The van der Waals surface area contributed by atoms with Crippen molar-refractivity contribution < 1.29 is 9.59 Å². The third-order valence-corrected chi connectivity index (χ3v) is 3.41. The Kier molecular flexibility index (Phi) is 5.80. The van der Waals surface area contributed by atoms with Crippen LogP contribution in [0.5, 0.6) is 0 Å². The van der Waals surface area contributed by atoms with Gasteiger partial charge in [-0.25, -0.2) is 0 Å². The van der Waals surface area contributed by atoms with Crippen LogP contribution in [0.25, 0.3) is 0 Å². The van der Waals surface area contributed by atoms with E-state index in [2.05, 4.69) is 20.6 Å². The average Bonchev–Trinajstić information content (AvgIpc) is 2.60. The number of aromatic nitrogens is 2. The van der Waals surface area contributed by atoms with Gasteiger partial charge in [-0.15, -0.1) is 0 Å². The van der Waals surface area contributed by atoms with Crippen molar-refractivity contribution in [3.8, 4) is 0 Å². The monoisotopic (exact) mass is 312 g/mol. The van der Waals surface area contributed by atoms with Crippen LogP contribution in [-0.4, -0.2) is 27.8 Å². The van der Waals surface area contributed by atoms with Crippen molar-refractivity contribution in [2.75, 3.05) is 0 Å².